The van der Waals surface area contributed by atoms with Crippen LogP contribution in [0.1, 0.15) is 16.1 Å². The normalized spacial score (nSPS) is 10.8. The van der Waals surface area contributed by atoms with Crippen molar-refractivity contribution < 1.29 is 9.90 Å². The SMILES string of the molecule is CN(C)CCc1c(C(=O)O)[nH][nH]c1=O. The van der Waals surface area contributed by atoms with Gasteiger partial charge in [0.1, 0.15) is 5.69 Å². The van der Waals surface area contributed by atoms with Crippen LogP contribution in [0.2, 0.25) is 0 Å². The molecule has 0 saturated heterocycles. The molecule has 0 unspecified atom stereocenters. The first-order valence-corrected chi connectivity index (χ1v) is 4.20. The number of carboxylic acids is 1. The number of H-pyrrole nitrogens is 2. The zero-order chi connectivity index (χ0) is 10.7. The first-order valence-electron chi connectivity index (χ1n) is 4.20. The number of carbonyl (C=O) groups is 1. The van der Waals surface area contributed by atoms with Crippen molar-refractivity contribution in [3.63, 3.8) is 0 Å². The lowest BCUT2D eigenvalue weighted by Crippen LogP contribution is -2.19. The van der Waals surface area contributed by atoms with Crippen molar-refractivity contribution >= 4 is 5.97 Å². The highest BCUT2D eigenvalue weighted by Crippen LogP contribution is 2.00. The standard InChI is InChI=1S/C8H13N3O3/c1-11(2)4-3-5-6(8(13)14)9-10-7(5)12/h3-4H2,1-2H3,(H,13,14)(H2,9,10,12). The third-order valence-electron chi connectivity index (χ3n) is 1.90. The minimum Gasteiger partial charge on any atom is -0.477 e. The van der Waals surface area contributed by atoms with Gasteiger partial charge < -0.3 is 10.0 Å². The Morgan fingerprint density at radius 1 is 1.43 bits per heavy atom. The monoisotopic (exact) mass is 199 g/mol. The van der Waals surface area contributed by atoms with Crippen molar-refractivity contribution in [1.29, 1.82) is 0 Å². The Balaban J connectivity index is 2.89. The van der Waals surface area contributed by atoms with E-state index in [0.29, 0.717) is 18.5 Å². The zero-order valence-corrected chi connectivity index (χ0v) is 8.13. The summed E-state index contributed by atoms with van der Waals surface area (Å²) in [6.07, 6.45) is 0.424. The van der Waals surface area contributed by atoms with Gasteiger partial charge in [-0.05, 0) is 20.5 Å². The van der Waals surface area contributed by atoms with Gasteiger partial charge in [0.05, 0.1) is 5.56 Å². The highest BCUT2D eigenvalue weighted by Gasteiger charge is 2.15. The van der Waals surface area contributed by atoms with E-state index in [4.69, 9.17) is 5.11 Å². The molecule has 0 aliphatic heterocycles. The van der Waals surface area contributed by atoms with Gasteiger partial charge in [-0.2, -0.15) is 0 Å². The fourth-order valence-electron chi connectivity index (χ4n) is 1.14. The Labute approximate surface area is 80.5 Å². The number of aromatic amines is 2. The molecular formula is C8H13N3O3. The summed E-state index contributed by atoms with van der Waals surface area (Å²) in [5.74, 6) is -1.11. The Morgan fingerprint density at radius 2 is 2.07 bits per heavy atom. The van der Waals surface area contributed by atoms with E-state index in [1.165, 1.54) is 0 Å². The molecule has 1 aromatic rings. The number of hydrogen-bond acceptors (Lipinski definition) is 3. The van der Waals surface area contributed by atoms with E-state index in [2.05, 4.69) is 10.2 Å². The summed E-state index contributed by atoms with van der Waals surface area (Å²) in [5.41, 5.74) is -0.104. The molecular weight excluding hydrogens is 186 g/mol. The molecule has 0 bridgehead atoms. The molecule has 0 atom stereocenters. The zero-order valence-electron chi connectivity index (χ0n) is 8.13. The summed E-state index contributed by atoms with van der Waals surface area (Å²) < 4.78 is 0. The van der Waals surface area contributed by atoms with Crippen molar-refractivity contribution in [1.82, 2.24) is 15.1 Å². The highest BCUT2D eigenvalue weighted by molar-refractivity contribution is 5.86. The smallest absolute Gasteiger partial charge is 0.354 e. The van der Waals surface area contributed by atoms with E-state index in [1.807, 2.05) is 19.0 Å². The second kappa shape index (κ2) is 4.10. The van der Waals surface area contributed by atoms with Gasteiger partial charge in [0, 0.05) is 6.54 Å². The largest absolute Gasteiger partial charge is 0.477 e. The van der Waals surface area contributed by atoms with Crippen LogP contribution >= 0.6 is 0 Å². The predicted molar refractivity (Wildman–Crippen MR) is 50.6 cm³/mol. The van der Waals surface area contributed by atoms with Crippen molar-refractivity contribution in [2.75, 3.05) is 20.6 Å². The molecule has 1 aromatic heterocycles. The lowest BCUT2D eigenvalue weighted by atomic mass is 10.2. The van der Waals surface area contributed by atoms with Crippen molar-refractivity contribution in [3.05, 3.63) is 21.6 Å². The van der Waals surface area contributed by atoms with E-state index in [9.17, 15) is 9.59 Å². The van der Waals surface area contributed by atoms with Crippen LogP contribution in [0.4, 0.5) is 0 Å². The summed E-state index contributed by atoms with van der Waals surface area (Å²) in [7, 11) is 3.72. The Morgan fingerprint density at radius 3 is 2.57 bits per heavy atom. The van der Waals surface area contributed by atoms with Gasteiger partial charge in [0.25, 0.3) is 5.56 Å². The first-order chi connectivity index (χ1) is 6.52. The van der Waals surface area contributed by atoms with Crippen molar-refractivity contribution in [2.45, 2.75) is 6.42 Å². The number of rotatable bonds is 4. The predicted octanol–water partition coefficient (Wildman–Crippen LogP) is -0.495. The molecule has 1 heterocycles. The van der Waals surface area contributed by atoms with Gasteiger partial charge in [-0.15, -0.1) is 0 Å². The van der Waals surface area contributed by atoms with Crippen molar-refractivity contribution in [3.8, 4) is 0 Å². The van der Waals surface area contributed by atoms with Gasteiger partial charge in [-0.3, -0.25) is 15.0 Å². The average molecular weight is 199 g/mol. The van der Waals surface area contributed by atoms with Crippen LogP contribution in [0.15, 0.2) is 4.79 Å². The van der Waals surface area contributed by atoms with E-state index in [-0.39, 0.29) is 11.3 Å². The maximum Gasteiger partial charge on any atom is 0.354 e. The minimum absolute atomic E-state index is 0.0446. The number of nitrogens with zero attached hydrogens (tertiary/aromatic N) is 1. The lowest BCUT2D eigenvalue weighted by molar-refractivity contribution is 0.0689. The molecule has 0 fully saturated rings. The molecule has 0 spiro atoms. The maximum atomic E-state index is 11.2. The van der Waals surface area contributed by atoms with E-state index < -0.39 is 5.97 Å². The molecule has 0 amide bonds. The summed E-state index contributed by atoms with van der Waals surface area (Å²) in [5, 5.41) is 13.3. The minimum atomic E-state index is -1.11. The Kier molecular flexibility index (Phi) is 3.08. The summed E-state index contributed by atoms with van der Waals surface area (Å²) in [4.78, 5) is 23.8. The Bertz CT molecular complexity index is 377. The molecule has 14 heavy (non-hydrogen) atoms. The fraction of sp³-hybridized carbons (Fsp3) is 0.500. The third-order valence-corrected chi connectivity index (χ3v) is 1.90. The molecule has 1 rings (SSSR count). The second-order valence-corrected chi connectivity index (χ2v) is 3.29. The highest BCUT2D eigenvalue weighted by atomic mass is 16.4. The lowest BCUT2D eigenvalue weighted by Gasteiger charge is -2.07. The molecule has 0 aliphatic carbocycles. The fourth-order valence-corrected chi connectivity index (χ4v) is 1.14. The first kappa shape index (κ1) is 10.5. The molecule has 0 aliphatic rings. The summed E-state index contributed by atoms with van der Waals surface area (Å²) in [6, 6.07) is 0. The van der Waals surface area contributed by atoms with Crippen LogP contribution in [0.3, 0.4) is 0 Å². The van der Waals surface area contributed by atoms with E-state index in [1.54, 1.807) is 0 Å². The van der Waals surface area contributed by atoms with Gasteiger partial charge in [0.15, 0.2) is 0 Å². The summed E-state index contributed by atoms with van der Waals surface area (Å²) >= 11 is 0. The van der Waals surface area contributed by atoms with Crippen LogP contribution in [-0.4, -0.2) is 46.8 Å². The third kappa shape index (κ3) is 2.23. The molecule has 0 radical (unpaired) electrons. The van der Waals surface area contributed by atoms with E-state index in [0.717, 1.165) is 0 Å². The van der Waals surface area contributed by atoms with Gasteiger partial charge >= 0.3 is 5.97 Å². The van der Waals surface area contributed by atoms with Crippen LogP contribution in [0.25, 0.3) is 0 Å². The van der Waals surface area contributed by atoms with Crippen LogP contribution < -0.4 is 5.56 Å². The Hall–Kier alpha value is -1.56. The number of carboxylic acid groups (broad SMARTS) is 1. The quantitative estimate of drug-likeness (QED) is 0.610. The molecule has 6 nitrogen and oxygen atoms in total. The second-order valence-electron chi connectivity index (χ2n) is 3.29. The van der Waals surface area contributed by atoms with Gasteiger partial charge in [-0.1, -0.05) is 0 Å². The van der Waals surface area contributed by atoms with Crippen LogP contribution in [0, 0.1) is 0 Å². The molecule has 78 valence electrons. The molecule has 0 saturated carbocycles. The van der Waals surface area contributed by atoms with Gasteiger partial charge in [-0.25, -0.2) is 4.79 Å². The van der Waals surface area contributed by atoms with Gasteiger partial charge in [0.2, 0.25) is 0 Å². The number of hydrogen-bond donors (Lipinski definition) is 3. The topological polar surface area (TPSA) is 89.2 Å². The number of aromatic carboxylic acids is 1. The van der Waals surface area contributed by atoms with E-state index >= 15 is 0 Å². The molecule has 6 heteroatoms. The number of aromatic nitrogens is 2. The summed E-state index contributed by atoms with van der Waals surface area (Å²) in [6.45, 7) is 0.640. The number of likely N-dealkylation sites (N-methyl/N-ethyl adjacent to an activating group) is 1. The number of nitrogens with one attached hydrogen (secondary N) is 2. The van der Waals surface area contributed by atoms with Crippen molar-refractivity contribution in [2.24, 2.45) is 0 Å². The van der Waals surface area contributed by atoms with Crippen LogP contribution in [-0.2, 0) is 6.42 Å². The maximum absolute atomic E-state index is 11.2. The molecule has 0 aromatic carbocycles. The average Bonchev–Trinajstić information content (AvgIpc) is 2.43. The van der Waals surface area contributed by atoms with Crippen LogP contribution in [0.5, 0.6) is 0 Å². The molecule has 3 N–H and O–H groups in total.